The Bertz CT molecular complexity index is 1430. The summed E-state index contributed by atoms with van der Waals surface area (Å²) >= 11 is 0. The first kappa shape index (κ1) is 30.1. The fourth-order valence-electron chi connectivity index (χ4n) is 6.09. The molecular formula is C29H34FN3O8. The van der Waals surface area contributed by atoms with Crippen LogP contribution in [0.3, 0.4) is 0 Å². The van der Waals surface area contributed by atoms with Gasteiger partial charge in [-0.15, -0.1) is 0 Å². The van der Waals surface area contributed by atoms with Crippen molar-refractivity contribution in [3.8, 4) is 0 Å². The van der Waals surface area contributed by atoms with Gasteiger partial charge in [-0.05, 0) is 81.6 Å². The minimum atomic E-state index is -2.74. The number of benzene rings is 1. The van der Waals surface area contributed by atoms with Gasteiger partial charge in [0.25, 0.3) is 0 Å². The maximum atomic E-state index is 14.0. The number of pyridine rings is 1. The molecule has 0 bridgehead atoms. The Morgan fingerprint density at radius 3 is 2.27 bits per heavy atom. The van der Waals surface area contributed by atoms with Crippen molar-refractivity contribution in [2.75, 3.05) is 20.7 Å². The molecule has 1 spiro atoms. The summed E-state index contributed by atoms with van der Waals surface area (Å²) in [4.78, 5) is 40.8. The Kier molecular flexibility index (Phi) is 8.48. The third kappa shape index (κ3) is 5.95. The number of hydrogen-bond acceptors (Lipinski definition) is 7. The second kappa shape index (κ2) is 11.6. The number of carboxylic acid groups (broad SMARTS) is 3. The number of fused-ring (bicyclic) bond motifs is 4. The van der Waals surface area contributed by atoms with Crippen molar-refractivity contribution in [2.24, 2.45) is 0 Å². The van der Waals surface area contributed by atoms with Gasteiger partial charge in [-0.25, -0.2) is 14.2 Å². The van der Waals surface area contributed by atoms with E-state index in [9.17, 15) is 18.8 Å². The largest absolute Gasteiger partial charge is 0.481 e. The van der Waals surface area contributed by atoms with Gasteiger partial charge in [-0.2, -0.15) is 0 Å². The van der Waals surface area contributed by atoms with E-state index in [0.29, 0.717) is 0 Å². The highest BCUT2D eigenvalue weighted by atomic mass is 19.1. The molecule has 11 nitrogen and oxygen atoms in total. The van der Waals surface area contributed by atoms with Gasteiger partial charge in [-0.1, -0.05) is 12.1 Å². The minimum Gasteiger partial charge on any atom is -0.481 e. The molecule has 5 rings (SSSR count). The number of ether oxygens (including phenoxy) is 1. The number of carbonyl (C=O) groups is 3. The summed E-state index contributed by atoms with van der Waals surface area (Å²) in [6, 6.07) is 11.2. The van der Waals surface area contributed by atoms with Gasteiger partial charge in [0.2, 0.25) is 0 Å². The lowest BCUT2D eigenvalue weighted by Crippen LogP contribution is -2.50. The van der Waals surface area contributed by atoms with Crippen molar-refractivity contribution in [1.82, 2.24) is 14.9 Å². The maximum Gasteiger partial charge on any atom is 0.336 e. The second-order valence-electron chi connectivity index (χ2n) is 10.9. The van der Waals surface area contributed by atoms with E-state index in [4.69, 9.17) is 25.2 Å². The number of halogens is 1. The van der Waals surface area contributed by atoms with Gasteiger partial charge in [0.15, 0.2) is 5.60 Å². The van der Waals surface area contributed by atoms with Crippen molar-refractivity contribution in [3.05, 3.63) is 65.2 Å². The van der Waals surface area contributed by atoms with Crippen LogP contribution in [0.5, 0.6) is 0 Å². The van der Waals surface area contributed by atoms with Crippen LogP contribution in [0, 0.1) is 5.82 Å². The molecule has 0 saturated heterocycles. The highest BCUT2D eigenvalue weighted by Gasteiger charge is 2.49. The normalized spacial score (nSPS) is 22.2. The molecule has 1 fully saturated rings. The Morgan fingerprint density at radius 1 is 1.05 bits per heavy atom. The minimum absolute atomic E-state index is 0.168. The van der Waals surface area contributed by atoms with E-state index in [0.717, 1.165) is 49.9 Å². The number of nitrogens with zero attached hydrogens (tertiary/aromatic N) is 2. The molecule has 3 aromatic rings. The summed E-state index contributed by atoms with van der Waals surface area (Å²) in [5.74, 6) is -5.19. The predicted octanol–water partition coefficient (Wildman–Crippen LogP) is 3.25. The third-order valence-corrected chi connectivity index (χ3v) is 8.25. The highest BCUT2D eigenvalue weighted by molar-refractivity contribution is 5.88. The summed E-state index contributed by atoms with van der Waals surface area (Å²) in [7, 11) is 4.20. The quantitative estimate of drug-likeness (QED) is 0.283. The van der Waals surface area contributed by atoms with E-state index in [1.54, 1.807) is 6.07 Å². The Morgan fingerprint density at radius 2 is 1.71 bits per heavy atom. The van der Waals surface area contributed by atoms with Crippen LogP contribution in [0.15, 0.2) is 42.6 Å². The molecule has 2 aliphatic rings. The van der Waals surface area contributed by atoms with Crippen LogP contribution in [0.2, 0.25) is 0 Å². The van der Waals surface area contributed by atoms with E-state index in [1.807, 2.05) is 18.3 Å². The molecule has 1 aliphatic carbocycles. The lowest BCUT2D eigenvalue weighted by molar-refractivity contribution is -0.170. The predicted molar refractivity (Wildman–Crippen MR) is 145 cm³/mol. The Hall–Kier alpha value is -3.87. The van der Waals surface area contributed by atoms with Gasteiger partial charge in [0, 0.05) is 17.1 Å². The van der Waals surface area contributed by atoms with E-state index >= 15 is 0 Å². The zero-order chi connectivity index (χ0) is 30.0. The molecule has 12 heteroatoms. The van der Waals surface area contributed by atoms with E-state index in [1.165, 1.54) is 22.7 Å². The zero-order valence-electron chi connectivity index (χ0n) is 22.9. The number of H-pyrrole nitrogens is 1. The number of aromatic amines is 1. The molecule has 1 aliphatic heterocycles. The molecule has 0 radical (unpaired) electrons. The molecule has 2 aromatic heterocycles. The van der Waals surface area contributed by atoms with Crippen LogP contribution < -0.4 is 0 Å². The van der Waals surface area contributed by atoms with Crippen LogP contribution in [0.4, 0.5) is 4.39 Å². The maximum absolute atomic E-state index is 14.0. The van der Waals surface area contributed by atoms with Gasteiger partial charge >= 0.3 is 17.9 Å². The van der Waals surface area contributed by atoms with Crippen LogP contribution in [0.1, 0.15) is 55.3 Å². The van der Waals surface area contributed by atoms with Crippen LogP contribution in [-0.4, -0.2) is 79.5 Å². The van der Waals surface area contributed by atoms with E-state index in [2.05, 4.69) is 41.1 Å². The standard InChI is InChI=1S/C23H26FN3O.C6H8O7/c1-27(2)22(16-5-3-6-17(24)15-16)9-11-23(12-10-22)20-18(8-14-28-23)19-7-4-13-25-21(19)26-20;7-3(8)1-6(13,5(11)12)2-4(9)10/h3-7,13,15H,8-12,14H2,1-2H3,(H,25,26);13H,1-2H2,(H,7,8)(H,9,10)(H,11,12). The van der Waals surface area contributed by atoms with Crippen LogP contribution in [0.25, 0.3) is 11.0 Å². The lowest BCUT2D eigenvalue weighted by Gasteiger charge is -2.50. The number of aliphatic hydroxyl groups is 1. The molecule has 0 atom stereocenters. The first-order valence-corrected chi connectivity index (χ1v) is 13.2. The summed E-state index contributed by atoms with van der Waals surface area (Å²) in [5.41, 5.74) is 1.38. The summed E-state index contributed by atoms with van der Waals surface area (Å²) in [5, 5.41) is 35.0. The first-order valence-electron chi connectivity index (χ1n) is 13.2. The molecule has 0 amide bonds. The number of carboxylic acids is 3. The first-order chi connectivity index (χ1) is 19.3. The molecule has 41 heavy (non-hydrogen) atoms. The summed E-state index contributed by atoms with van der Waals surface area (Å²) in [6.45, 7) is 0.740. The topological polar surface area (TPSA) is 173 Å². The van der Waals surface area contributed by atoms with E-state index in [-0.39, 0.29) is 17.0 Å². The fraction of sp³-hybridized carbons (Fsp3) is 0.448. The number of rotatable bonds is 7. The molecule has 0 unspecified atom stereocenters. The molecule has 1 aromatic carbocycles. The summed E-state index contributed by atoms with van der Waals surface area (Å²) in [6.07, 6.45) is 4.12. The zero-order valence-corrected chi connectivity index (χ0v) is 22.9. The number of aromatic nitrogens is 2. The fourth-order valence-corrected chi connectivity index (χ4v) is 6.09. The highest BCUT2D eigenvalue weighted by Crippen LogP contribution is 2.52. The number of hydrogen-bond donors (Lipinski definition) is 5. The van der Waals surface area contributed by atoms with Crippen LogP contribution in [-0.2, 0) is 36.7 Å². The second-order valence-corrected chi connectivity index (χ2v) is 10.9. The van der Waals surface area contributed by atoms with Crippen molar-refractivity contribution in [1.29, 1.82) is 0 Å². The van der Waals surface area contributed by atoms with Crippen molar-refractivity contribution in [3.63, 3.8) is 0 Å². The smallest absolute Gasteiger partial charge is 0.336 e. The van der Waals surface area contributed by atoms with Gasteiger partial charge in [0.1, 0.15) is 17.1 Å². The molecule has 3 heterocycles. The summed E-state index contributed by atoms with van der Waals surface area (Å²) < 4.78 is 20.4. The van der Waals surface area contributed by atoms with Crippen molar-refractivity contribution in [2.45, 2.75) is 61.7 Å². The lowest BCUT2D eigenvalue weighted by atomic mass is 9.68. The van der Waals surface area contributed by atoms with Gasteiger partial charge < -0.3 is 30.1 Å². The average molecular weight is 572 g/mol. The number of nitrogens with one attached hydrogen (secondary N) is 1. The van der Waals surface area contributed by atoms with Crippen molar-refractivity contribution >= 4 is 28.9 Å². The van der Waals surface area contributed by atoms with Crippen LogP contribution >= 0.6 is 0 Å². The SMILES string of the molecule is CN(C)C1(c2cccc(F)c2)CCC2(CC1)OCCc1c2[nH]c2ncccc12.O=C(O)CC(O)(CC(=O)O)C(=O)O. The monoisotopic (exact) mass is 571 g/mol. The van der Waals surface area contributed by atoms with Gasteiger partial charge in [0.05, 0.1) is 25.1 Å². The molecule has 220 valence electrons. The van der Waals surface area contributed by atoms with E-state index < -0.39 is 36.4 Å². The third-order valence-electron chi connectivity index (χ3n) is 8.25. The van der Waals surface area contributed by atoms with Gasteiger partial charge in [-0.3, -0.25) is 14.5 Å². The average Bonchev–Trinajstić information content (AvgIpc) is 3.29. The van der Waals surface area contributed by atoms with Crippen molar-refractivity contribution < 1.29 is 43.9 Å². The molecular weight excluding hydrogens is 537 g/mol. The Balaban J connectivity index is 0.000000254. The Labute approximate surface area is 235 Å². The number of aliphatic carboxylic acids is 3. The molecule has 1 saturated carbocycles. The molecule has 5 N–H and O–H groups in total.